The predicted octanol–water partition coefficient (Wildman–Crippen LogP) is 4.44. The molecule has 144 valence electrons. The van der Waals surface area contributed by atoms with E-state index >= 15 is 0 Å². The van der Waals surface area contributed by atoms with Gasteiger partial charge in [-0.2, -0.15) is 0 Å². The van der Waals surface area contributed by atoms with E-state index in [1.807, 2.05) is 0 Å². The fourth-order valence-electron chi connectivity index (χ4n) is 2.60. The standard InChI is InChI=1S/C22H20FNO4/c1-15(25)16-3-5-17(6-4-16)20-11-12-21(28-20)22(26)24(2)13-14-27-19-9-7-18(23)8-10-19/h3-12H,13-14H2,1-2H3. The number of benzene rings is 2. The van der Waals surface area contributed by atoms with E-state index < -0.39 is 0 Å². The number of ketones is 1. The van der Waals surface area contributed by atoms with Crippen LogP contribution in [0, 0.1) is 5.82 Å². The number of amides is 1. The van der Waals surface area contributed by atoms with Crippen molar-refractivity contribution >= 4 is 11.7 Å². The van der Waals surface area contributed by atoms with Gasteiger partial charge in [0.25, 0.3) is 5.91 Å². The van der Waals surface area contributed by atoms with Crippen LogP contribution in [0.15, 0.2) is 65.1 Å². The summed E-state index contributed by atoms with van der Waals surface area (Å²) in [5.41, 5.74) is 1.40. The molecule has 0 unspecified atom stereocenters. The van der Waals surface area contributed by atoms with Crippen molar-refractivity contribution < 1.29 is 23.1 Å². The van der Waals surface area contributed by atoms with Crippen LogP contribution in [-0.2, 0) is 0 Å². The molecule has 0 saturated heterocycles. The largest absolute Gasteiger partial charge is 0.492 e. The van der Waals surface area contributed by atoms with E-state index in [0.717, 1.165) is 5.56 Å². The van der Waals surface area contributed by atoms with Crippen molar-refractivity contribution in [2.45, 2.75) is 6.92 Å². The van der Waals surface area contributed by atoms with Crippen LogP contribution < -0.4 is 4.74 Å². The minimum Gasteiger partial charge on any atom is -0.492 e. The SMILES string of the molecule is CC(=O)c1ccc(-c2ccc(C(=O)N(C)CCOc3ccc(F)cc3)o2)cc1. The first-order valence-electron chi connectivity index (χ1n) is 8.79. The number of hydrogen-bond acceptors (Lipinski definition) is 4. The number of carbonyl (C=O) groups is 2. The van der Waals surface area contributed by atoms with Crippen molar-refractivity contribution in [1.29, 1.82) is 0 Å². The number of ether oxygens (including phenoxy) is 1. The Hall–Kier alpha value is -3.41. The van der Waals surface area contributed by atoms with Crippen molar-refractivity contribution in [3.05, 3.63) is 77.8 Å². The van der Waals surface area contributed by atoms with Gasteiger partial charge in [-0.3, -0.25) is 9.59 Å². The first-order valence-corrected chi connectivity index (χ1v) is 8.79. The monoisotopic (exact) mass is 381 g/mol. The number of halogens is 1. The summed E-state index contributed by atoms with van der Waals surface area (Å²) < 4.78 is 24.1. The maximum atomic E-state index is 12.9. The Bertz CT molecular complexity index is 961. The van der Waals surface area contributed by atoms with Gasteiger partial charge in [0.2, 0.25) is 0 Å². The smallest absolute Gasteiger partial charge is 0.289 e. The molecule has 1 heterocycles. The maximum absolute atomic E-state index is 12.9. The highest BCUT2D eigenvalue weighted by molar-refractivity contribution is 5.94. The molecule has 6 heteroatoms. The summed E-state index contributed by atoms with van der Waals surface area (Å²) in [5, 5.41) is 0. The first kappa shape index (κ1) is 19.4. The quantitative estimate of drug-likeness (QED) is 0.568. The molecule has 0 aliphatic rings. The number of furan rings is 1. The van der Waals surface area contributed by atoms with Crippen LogP contribution in [0.1, 0.15) is 27.8 Å². The van der Waals surface area contributed by atoms with Crippen molar-refractivity contribution in [1.82, 2.24) is 4.90 Å². The third-order valence-corrected chi connectivity index (χ3v) is 4.25. The Morgan fingerprint density at radius 2 is 1.68 bits per heavy atom. The van der Waals surface area contributed by atoms with Crippen LogP contribution >= 0.6 is 0 Å². The fourth-order valence-corrected chi connectivity index (χ4v) is 2.60. The van der Waals surface area contributed by atoms with Crippen molar-refractivity contribution in [3.63, 3.8) is 0 Å². The second-order valence-electron chi connectivity index (χ2n) is 6.33. The lowest BCUT2D eigenvalue weighted by Crippen LogP contribution is -2.30. The third-order valence-electron chi connectivity index (χ3n) is 4.25. The number of Topliss-reactive ketones (excluding diaryl/α,β-unsaturated/α-hetero) is 1. The normalized spacial score (nSPS) is 10.5. The van der Waals surface area contributed by atoms with Gasteiger partial charge in [-0.05, 0) is 43.3 Å². The topological polar surface area (TPSA) is 59.8 Å². The van der Waals surface area contributed by atoms with E-state index in [2.05, 4.69) is 0 Å². The van der Waals surface area contributed by atoms with Crippen LogP contribution in [0.25, 0.3) is 11.3 Å². The number of carbonyl (C=O) groups excluding carboxylic acids is 2. The minimum absolute atomic E-state index is 0.00802. The van der Waals surface area contributed by atoms with Crippen molar-refractivity contribution in [3.8, 4) is 17.1 Å². The predicted molar refractivity (Wildman–Crippen MR) is 103 cm³/mol. The summed E-state index contributed by atoms with van der Waals surface area (Å²) in [6.45, 7) is 2.13. The molecule has 2 aromatic carbocycles. The van der Waals surface area contributed by atoms with Crippen LogP contribution in [-0.4, -0.2) is 36.8 Å². The molecule has 0 aliphatic heterocycles. The van der Waals surface area contributed by atoms with Gasteiger partial charge in [0, 0.05) is 18.2 Å². The fraction of sp³-hybridized carbons (Fsp3) is 0.182. The molecule has 1 amide bonds. The minimum atomic E-state index is -0.329. The number of rotatable bonds is 7. The molecular formula is C22H20FNO4. The molecule has 1 aromatic heterocycles. The molecule has 28 heavy (non-hydrogen) atoms. The molecule has 0 bridgehead atoms. The highest BCUT2D eigenvalue weighted by Gasteiger charge is 2.17. The zero-order valence-electron chi connectivity index (χ0n) is 15.6. The van der Waals surface area contributed by atoms with Gasteiger partial charge in [-0.25, -0.2) is 4.39 Å². The van der Waals surface area contributed by atoms with E-state index in [9.17, 15) is 14.0 Å². The average molecular weight is 381 g/mol. The highest BCUT2D eigenvalue weighted by atomic mass is 19.1. The lowest BCUT2D eigenvalue weighted by Gasteiger charge is -2.16. The number of likely N-dealkylation sites (N-methyl/N-ethyl adjacent to an activating group) is 1. The summed E-state index contributed by atoms with van der Waals surface area (Å²) in [6, 6.07) is 16.1. The lowest BCUT2D eigenvalue weighted by atomic mass is 10.1. The lowest BCUT2D eigenvalue weighted by molar-refractivity contribution is 0.0743. The van der Waals surface area contributed by atoms with Crippen LogP contribution in [0.3, 0.4) is 0 Å². The molecule has 0 atom stereocenters. The summed E-state index contributed by atoms with van der Waals surface area (Å²) in [5.74, 6) is 0.700. The maximum Gasteiger partial charge on any atom is 0.289 e. The Labute approximate surface area is 162 Å². The van der Waals surface area contributed by atoms with Crippen molar-refractivity contribution in [2.75, 3.05) is 20.2 Å². The summed E-state index contributed by atoms with van der Waals surface area (Å²) in [4.78, 5) is 25.3. The Balaban J connectivity index is 1.58. The molecule has 0 N–H and O–H groups in total. The summed E-state index contributed by atoms with van der Waals surface area (Å²) in [7, 11) is 1.65. The zero-order chi connectivity index (χ0) is 20.1. The second kappa shape index (κ2) is 8.52. The summed E-state index contributed by atoms with van der Waals surface area (Å²) >= 11 is 0. The van der Waals surface area contributed by atoms with Gasteiger partial charge >= 0.3 is 0 Å². The first-order chi connectivity index (χ1) is 13.4. The molecule has 0 aliphatic carbocycles. The van der Waals surface area contributed by atoms with E-state index in [-0.39, 0.29) is 29.9 Å². The van der Waals surface area contributed by atoms with E-state index in [1.54, 1.807) is 43.4 Å². The number of hydrogen-bond donors (Lipinski definition) is 0. The van der Waals surface area contributed by atoms with Crippen LogP contribution in [0.4, 0.5) is 4.39 Å². The number of nitrogens with zero attached hydrogens (tertiary/aromatic N) is 1. The molecule has 0 saturated carbocycles. The highest BCUT2D eigenvalue weighted by Crippen LogP contribution is 2.23. The van der Waals surface area contributed by atoms with Gasteiger partial charge in [0.15, 0.2) is 11.5 Å². The van der Waals surface area contributed by atoms with Gasteiger partial charge in [0.1, 0.15) is 23.9 Å². The van der Waals surface area contributed by atoms with Crippen molar-refractivity contribution in [2.24, 2.45) is 0 Å². The van der Waals surface area contributed by atoms with Gasteiger partial charge < -0.3 is 14.1 Å². The van der Waals surface area contributed by atoms with Gasteiger partial charge in [-0.1, -0.05) is 24.3 Å². The Kier molecular flexibility index (Phi) is 5.89. The van der Waals surface area contributed by atoms with Crippen LogP contribution in [0.5, 0.6) is 5.75 Å². The van der Waals surface area contributed by atoms with Gasteiger partial charge in [-0.15, -0.1) is 0 Å². The van der Waals surface area contributed by atoms with E-state index in [0.29, 0.717) is 23.6 Å². The summed E-state index contributed by atoms with van der Waals surface area (Å²) in [6.07, 6.45) is 0. The van der Waals surface area contributed by atoms with E-state index in [4.69, 9.17) is 9.15 Å². The molecule has 0 spiro atoms. The Morgan fingerprint density at radius 3 is 2.32 bits per heavy atom. The molecular weight excluding hydrogens is 361 g/mol. The molecule has 0 radical (unpaired) electrons. The average Bonchev–Trinajstić information content (AvgIpc) is 3.19. The van der Waals surface area contributed by atoms with Gasteiger partial charge in [0.05, 0.1) is 6.54 Å². The van der Waals surface area contributed by atoms with E-state index in [1.165, 1.54) is 36.1 Å². The second-order valence-corrected chi connectivity index (χ2v) is 6.33. The third kappa shape index (κ3) is 4.65. The molecule has 3 rings (SSSR count). The van der Waals surface area contributed by atoms with Crippen LogP contribution in [0.2, 0.25) is 0 Å². The molecule has 0 fully saturated rings. The molecule has 3 aromatic rings. The molecule has 5 nitrogen and oxygen atoms in total. The zero-order valence-corrected chi connectivity index (χ0v) is 15.6. The Morgan fingerprint density at radius 1 is 1.00 bits per heavy atom.